The second-order valence-electron chi connectivity index (χ2n) is 5.50. The average molecular weight is 291 g/mol. The minimum Gasteiger partial charge on any atom is -0.310 e. The molecule has 1 aliphatic rings. The average Bonchev–Trinajstić information content (AvgIpc) is 2.54. The minimum absolute atomic E-state index is 0.209. The second-order valence-corrected chi connectivity index (χ2v) is 5.50. The Morgan fingerprint density at radius 3 is 2.64 bits per heavy atom. The van der Waals surface area contributed by atoms with Gasteiger partial charge in [0.1, 0.15) is 11.6 Å². The van der Waals surface area contributed by atoms with Crippen LogP contribution < -0.4 is 5.32 Å². The van der Waals surface area contributed by atoms with Crippen LogP contribution in [0.25, 0.3) is 11.1 Å². The number of pyridine rings is 1. The van der Waals surface area contributed by atoms with Crippen LogP contribution in [0.1, 0.15) is 36.6 Å². The number of aromatic nitrogens is 1. The van der Waals surface area contributed by atoms with E-state index in [1.807, 2.05) is 30.3 Å². The van der Waals surface area contributed by atoms with Gasteiger partial charge in [0.25, 0.3) is 0 Å². The summed E-state index contributed by atoms with van der Waals surface area (Å²) in [5, 5.41) is 12.3. The van der Waals surface area contributed by atoms with Gasteiger partial charge in [-0.3, -0.25) is 4.79 Å². The molecule has 3 rings (SSSR count). The fraction of sp³-hybridized carbons (Fsp3) is 0.278. The molecule has 0 saturated heterocycles. The highest BCUT2D eigenvalue weighted by atomic mass is 16.1. The third-order valence-electron chi connectivity index (χ3n) is 3.94. The van der Waals surface area contributed by atoms with Crippen LogP contribution in [0.15, 0.2) is 30.3 Å². The number of nitrogens with one attached hydrogen (secondary N) is 1. The van der Waals surface area contributed by atoms with Crippen LogP contribution in [0.3, 0.4) is 0 Å². The predicted octanol–water partition coefficient (Wildman–Crippen LogP) is 3.46. The van der Waals surface area contributed by atoms with E-state index in [-0.39, 0.29) is 5.91 Å². The molecule has 0 fully saturated rings. The molecular weight excluding hydrogens is 274 g/mol. The van der Waals surface area contributed by atoms with E-state index in [1.165, 1.54) is 6.92 Å². The molecule has 1 aromatic carbocycles. The number of benzene rings is 1. The van der Waals surface area contributed by atoms with Crippen molar-refractivity contribution in [3.63, 3.8) is 0 Å². The van der Waals surface area contributed by atoms with Crippen LogP contribution in [-0.2, 0) is 17.6 Å². The van der Waals surface area contributed by atoms with Gasteiger partial charge < -0.3 is 5.32 Å². The third-order valence-corrected chi connectivity index (χ3v) is 3.94. The number of carbonyl (C=O) groups is 1. The zero-order valence-corrected chi connectivity index (χ0v) is 12.5. The van der Waals surface area contributed by atoms with Gasteiger partial charge in [0.15, 0.2) is 5.82 Å². The van der Waals surface area contributed by atoms with Crippen molar-refractivity contribution < 1.29 is 4.79 Å². The highest BCUT2D eigenvalue weighted by Crippen LogP contribution is 2.36. The molecule has 0 radical (unpaired) electrons. The van der Waals surface area contributed by atoms with E-state index in [0.717, 1.165) is 48.1 Å². The van der Waals surface area contributed by atoms with E-state index in [1.54, 1.807) is 0 Å². The Hall–Kier alpha value is -2.67. The number of hydrogen-bond donors (Lipinski definition) is 1. The van der Waals surface area contributed by atoms with E-state index >= 15 is 0 Å². The van der Waals surface area contributed by atoms with Gasteiger partial charge in [0, 0.05) is 18.2 Å². The Morgan fingerprint density at radius 1 is 1.23 bits per heavy atom. The first-order chi connectivity index (χ1) is 10.7. The Morgan fingerprint density at radius 2 is 1.95 bits per heavy atom. The number of nitrogens with zero attached hydrogens (tertiary/aromatic N) is 2. The lowest BCUT2D eigenvalue weighted by Crippen LogP contribution is -2.15. The van der Waals surface area contributed by atoms with Crippen LogP contribution in [0.2, 0.25) is 0 Å². The summed E-state index contributed by atoms with van der Waals surface area (Å²) < 4.78 is 0. The quantitative estimate of drug-likeness (QED) is 0.921. The molecule has 0 aliphatic heterocycles. The van der Waals surface area contributed by atoms with Crippen molar-refractivity contribution >= 4 is 11.7 Å². The number of nitriles is 1. The van der Waals surface area contributed by atoms with E-state index in [9.17, 15) is 10.1 Å². The summed E-state index contributed by atoms with van der Waals surface area (Å²) in [4.78, 5) is 16.0. The summed E-state index contributed by atoms with van der Waals surface area (Å²) >= 11 is 0. The highest BCUT2D eigenvalue weighted by Gasteiger charge is 2.23. The number of anilines is 1. The number of fused-ring (bicyclic) bond motifs is 1. The maximum Gasteiger partial charge on any atom is 0.222 e. The molecule has 0 spiro atoms. The number of rotatable bonds is 2. The van der Waals surface area contributed by atoms with Crippen molar-refractivity contribution in [3.8, 4) is 17.2 Å². The fourth-order valence-corrected chi connectivity index (χ4v) is 3.03. The topological polar surface area (TPSA) is 65.8 Å². The summed E-state index contributed by atoms with van der Waals surface area (Å²) in [5.74, 6) is 0.174. The van der Waals surface area contributed by atoms with E-state index < -0.39 is 0 Å². The molecule has 2 aromatic rings. The second kappa shape index (κ2) is 5.98. The lowest BCUT2D eigenvalue weighted by molar-refractivity contribution is -0.114. The highest BCUT2D eigenvalue weighted by molar-refractivity contribution is 5.91. The Kier molecular flexibility index (Phi) is 3.88. The molecule has 0 saturated carbocycles. The molecule has 4 heteroatoms. The van der Waals surface area contributed by atoms with Crippen molar-refractivity contribution in [2.45, 2.75) is 32.6 Å². The molecule has 22 heavy (non-hydrogen) atoms. The van der Waals surface area contributed by atoms with Crippen LogP contribution in [0.4, 0.5) is 5.82 Å². The maximum absolute atomic E-state index is 11.4. The number of hydrogen-bond acceptors (Lipinski definition) is 3. The van der Waals surface area contributed by atoms with E-state index in [4.69, 9.17) is 0 Å². The Balaban J connectivity index is 2.29. The first kappa shape index (κ1) is 14.3. The molecule has 1 aliphatic carbocycles. The minimum atomic E-state index is -0.209. The number of aryl methyl sites for hydroxylation is 1. The molecular formula is C18H17N3O. The van der Waals surface area contributed by atoms with Gasteiger partial charge in [0.05, 0.1) is 0 Å². The monoisotopic (exact) mass is 291 g/mol. The zero-order valence-electron chi connectivity index (χ0n) is 12.5. The van der Waals surface area contributed by atoms with Crippen LogP contribution in [0, 0.1) is 11.3 Å². The van der Waals surface area contributed by atoms with Crippen molar-refractivity contribution in [1.82, 2.24) is 4.98 Å². The molecule has 1 N–H and O–H groups in total. The van der Waals surface area contributed by atoms with E-state index in [0.29, 0.717) is 11.4 Å². The summed E-state index contributed by atoms with van der Waals surface area (Å²) in [6, 6.07) is 12.1. The molecule has 0 atom stereocenters. The molecule has 4 nitrogen and oxygen atoms in total. The third kappa shape index (κ3) is 2.58. The Bertz CT molecular complexity index is 760. The van der Waals surface area contributed by atoms with Gasteiger partial charge in [-0.05, 0) is 36.8 Å². The molecule has 1 amide bonds. The molecule has 1 aromatic heterocycles. The van der Waals surface area contributed by atoms with Crippen LogP contribution in [0.5, 0.6) is 0 Å². The van der Waals surface area contributed by atoms with Gasteiger partial charge in [-0.1, -0.05) is 30.3 Å². The zero-order chi connectivity index (χ0) is 15.5. The van der Waals surface area contributed by atoms with Crippen molar-refractivity contribution in [1.29, 1.82) is 5.26 Å². The Labute approximate surface area is 129 Å². The van der Waals surface area contributed by atoms with Gasteiger partial charge in [-0.2, -0.15) is 5.26 Å². The van der Waals surface area contributed by atoms with Gasteiger partial charge in [-0.15, -0.1) is 0 Å². The SMILES string of the molecule is CC(=O)Nc1nc2c(c(-c3ccccc3)c1C#N)CCCC2. The molecule has 110 valence electrons. The number of amides is 1. The van der Waals surface area contributed by atoms with Crippen LogP contribution in [-0.4, -0.2) is 10.9 Å². The predicted molar refractivity (Wildman–Crippen MR) is 85.3 cm³/mol. The lowest BCUT2D eigenvalue weighted by Gasteiger charge is -2.22. The van der Waals surface area contributed by atoms with Gasteiger partial charge >= 0.3 is 0 Å². The van der Waals surface area contributed by atoms with Crippen molar-refractivity contribution in [2.75, 3.05) is 5.32 Å². The summed E-state index contributed by atoms with van der Waals surface area (Å²) in [5.41, 5.74) is 4.56. The summed E-state index contributed by atoms with van der Waals surface area (Å²) in [6.45, 7) is 1.43. The van der Waals surface area contributed by atoms with Crippen molar-refractivity contribution in [3.05, 3.63) is 47.2 Å². The summed E-state index contributed by atoms with van der Waals surface area (Å²) in [7, 11) is 0. The molecule has 0 bridgehead atoms. The van der Waals surface area contributed by atoms with Gasteiger partial charge in [0.2, 0.25) is 5.91 Å². The number of carbonyl (C=O) groups excluding carboxylic acids is 1. The standard InChI is InChI=1S/C18H17N3O/c1-12(22)20-18-15(11-19)17(13-7-3-2-4-8-13)14-9-5-6-10-16(14)21-18/h2-4,7-8H,5-6,9-10H2,1H3,(H,20,21,22). The summed E-state index contributed by atoms with van der Waals surface area (Å²) in [6.07, 6.45) is 4.04. The maximum atomic E-state index is 11.4. The first-order valence-electron chi connectivity index (χ1n) is 7.49. The normalized spacial score (nSPS) is 13.1. The van der Waals surface area contributed by atoms with E-state index in [2.05, 4.69) is 16.4 Å². The first-order valence-corrected chi connectivity index (χ1v) is 7.49. The van der Waals surface area contributed by atoms with Gasteiger partial charge in [-0.25, -0.2) is 4.98 Å². The van der Waals surface area contributed by atoms with Crippen molar-refractivity contribution in [2.24, 2.45) is 0 Å². The molecule has 1 heterocycles. The largest absolute Gasteiger partial charge is 0.310 e. The lowest BCUT2D eigenvalue weighted by atomic mass is 9.86. The van der Waals surface area contributed by atoms with Crippen LogP contribution >= 0.6 is 0 Å². The molecule has 0 unspecified atom stereocenters. The fourth-order valence-electron chi connectivity index (χ4n) is 3.03. The smallest absolute Gasteiger partial charge is 0.222 e.